The van der Waals surface area contributed by atoms with E-state index in [4.69, 9.17) is 9.47 Å². The first-order chi connectivity index (χ1) is 14.5. The second kappa shape index (κ2) is 9.87. The standard InChI is InChI=1S/C22H23FN2O5/c1-29-19-8-6-18(7-9-19)24-20(26)14-30-22(28)16-10-12-25(13-11-16)21(27)15-2-4-17(23)5-3-15/h2-9,16H,10-14H2,1H3,(H,24,26). The van der Waals surface area contributed by atoms with Crippen molar-refractivity contribution in [1.29, 1.82) is 0 Å². The number of halogens is 1. The minimum absolute atomic E-state index is 0.194. The van der Waals surface area contributed by atoms with Gasteiger partial charge in [0.1, 0.15) is 11.6 Å². The Morgan fingerprint density at radius 1 is 1.03 bits per heavy atom. The summed E-state index contributed by atoms with van der Waals surface area (Å²) in [6.45, 7) is 0.418. The van der Waals surface area contributed by atoms with Crippen molar-refractivity contribution in [2.24, 2.45) is 5.92 Å². The van der Waals surface area contributed by atoms with Gasteiger partial charge in [-0.1, -0.05) is 0 Å². The number of carbonyl (C=O) groups excluding carboxylic acids is 3. The molecule has 0 unspecified atom stereocenters. The van der Waals surface area contributed by atoms with E-state index in [0.29, 0.717) is 42.9 Å². The highest BCUT2D eigenvalue weighted by Gasteiger charge is 2.29. The van der Waals surface area contributed by atoms with Crippen LogP contribution in [0.1, 0.15) is 23.2 Å². The molecule has 1 fully saturated rings. The van der Waals surface area contributed by atoms with Crippen LogP contribution in [0.5, 0.6) is 5.75 Å². The van der Waals surface area contributed by atoms with Crippen LogP contribution in [0.2, 0.25) is 0 Å². The monoisotopic (exact) mass is 414 g/mol. The van der Waals surface area contributed by atoms with Gasteiger partial charge in [0, 0.05) is 24.3 Å². The lowest BCUT2D eigenvalue weighted by Gasteiger charge is -2.31. The summed E-state index contributed by atoms with van der Waals surface area (Å²) in [7, 11) is 1.55. The maximum atomic E-state index is 13.0. The van der Waals surface area contributed by atoms with Crippen LogP contribution in [0.15, 0.2) is 48.5 Å². The molecule has 0 bridgehead atoms. The number of benzene rings is 2. The first-order valence-corrected chi connectivity index (χ1v) is 9.61. The number of anilines is 1. The Balaban J connectivity index is 1.41. The normalized spacial score (nSPS) is 14.1. The molecule has 0 aromatic heterocycles. The lowest BCUT2D eigenvalue weighted by atomic mass is 9.96. The van der Waals surface area contributed by atoms with E-state index in [1.165, 1.54) is 24.3 Å². The predicted octanol–water partition coefficient (Wildman–Crippen LogP) is 2.87. The van der Waals surface area contributed by atoms with E-state index >= 15 is 0 Å². The van der Waals surface area contributed by atoms with Gasteiger partial charge in [-0.25, -0.2) is 4.39 Å². The van der Waals surface area contributed by atoms with Gasteiger partial charge in [-0.15, -0.1) is 0 Å². The third-order valence-electron chi connectivity index (χ3n) is 4.93. The fraction of sp³-hybridized carbons (Fsp3) is 0.318. The fourth-order valence-electron chi connectivity index (χ4n) is 3.22. The molecular weight excluding hydrogens is 391 g/mol. The van der Waals surface area contributed by atoms with Crippen LogP contribution in [-0.2, 0) is 14.3 Å². The van der Waals surface area contributed by atoms with Gasteiger partial charge in [-0.2, -0.15) is 0 Å². The molecule has 3 rings (SSSR count). The number of piperidine rings is 1. The van der Waals surface area contributed by atoms with Crippen LogP contribution in [0.25, 0.3) is 0 Å². The van der Waals surface area contributed by atoms with Gasteiger partial charge >= 0.3 is 5.97 Å². The fourth-order valence-corrected chi connectivity index (χ4v) is 3.22. The van der Waals surface area contributed by atoms with Gasteiger partial charge in [-0.05, 0) is 61.4 Å². The minimum atomic E-state index is -0.450. The van der Waals surface area contributed by atoms with E-state index in [1.807, 2.05) is 0 Å². The van der Waals surface area contributed by atoms with Crippen LogP contribution >= 0.6 is 0 Å². The van der Waals surface area contributed by atoms with Gasteiger partial charge in [0.05, 0.1) is 13.0 Å². The van der Waals surface area contributed by atoms with E-state index in [2.05, 4.69) is 5.32 Å². The second-order valence-electron chi connectivity index (χ2n) is 6.96. The summed E-state index contributed by atoms with van der Waals surface area (Å²) in [6, 6.07) is 12.2. The van der Waals surface area contributed by atoms with Crippen molar-refractivity contribution in [3.63, 3.8) is 0 Å². The Bertz CT molecular complexity index is 891. The quantitative estimate of drug-likeness (QED) is 0.735. The lowest BCUT2D eigenvalue weighted by Crippen LogP contribution is -2.41. The van der Waals surface area contributed by atoms with Crippen LogP contribution in [0.4, 0.5) is 10.1 Å². The van der Waals surface area contributed by atoms with Crippen molar-refractivity contribution >= 4 is 23.5 Å². The maximum Gasteiger partial charge on any atom is 0.309 e. The average molecular weight is 414 g/mol. The Kier molecular flexibility index (Phi) is 7.00. The summed E-state index contributed by atoms with van der Waals surface area (Å²) in [6.07, 6.45) is 0.901. The number of esters is 1. The highest BCUT2D eigenvalue weighted by Crippen LogP contribution is 2.21. The summed E-state index contributed by atoms with van der Waals surface area (Å²) in [5.74, 6) is -1.17. The van der Waals surface area contributed by atoms with Gasteiger partial charge in [0.2, 0.25) is 0 Å². The molecule has 0 radical (unpaired) electrons. The number of likely N-dealkylation sites (tertiary alicyclic amines) is 1. The number of hydrogen-bond acceptors (Lipinski definition) is 5. The van der Waals surface area contributed by atoms with Gasteiger partial charge in [0.15, 0.2) is 6.61 Å². The first kappa shape index (κ1) is 21.3. The van der Waals surface area contributed by atoms with Crippen molar-refractivity contribution in [1.82, 2.24) is 4.90 Å². The molecule has 2 aromatic carbocycles. The highest BCUT2D eigenvalue weighted by atomic mass is 19.1. The van der Waals surface area contributed by atoms with E-state index < -0.39 is 17.7 Å². The van der Waals surface area contributed by atoms with Crippen LogP contribution in [0.3, 0.4) is 0 Å². The molecule has 2 amide bonds. The lowest BCUT2D eigenvalue weighted by molar-refractivity contribution is -0.152. The molecule has 1 N–H and O–H groups in total. The molecule has 158 valence electrons. The second-order valence-corrected chi connectivity index (χ2v) is 6.96. The number of methoxy groups -OCH3 is 1. The molecule has 8 heteroatoms. The number of hydrogen-bond donors (Lipinski definition) is 1. The van der Waals surface area contributed by atoms with E-state index in [0.717, 1.165) is 0 Å². The third kappa shape index (κ3) is 5.56. The molecule has 7 nitrogen and oxygen atoms in total. The number of nitrogens with one attached hydrogen (secondary N) is 1. The van der Waals surface area contributed by atoms with Crippen LogP contribution in [0, 0.1) is 11.7 Å². The Morgan fingerprint density at radius 3 is 2.27 bits per heavy atom. The molecule has 1 heterocycles. The molecule has 0 atom stereocenters. The number of amides is 2. The van der Waals surface area contributed by atoms with Crippen LogP contribution in [-0.4, -0.2) is 49.5 Å². The number of nitrogens with zero attached hydrogens (tertiary/aromatic N) is 1. The van der Waals surface area contributed by atoms with Gasteiger partial charge in [-0.3, -0.25) is 14.4 Å². The first-order valence-electron chi connectivity index (χ1n) is 9.61. The predicted molar refractivity (Wildman–Crippen MR) is 108 cm³/mol. The van der Waals surface area contributed by atoms with Crippen molar-refractivity contribution in [3.05, 3.63) is 59.9 Å². The minimum Gasteiger partial charge on any atom is -0.497 e. The summed E-state index contributed by atoms with van der Waals surface area (Å²) in [5.41, 5.74) is 0.983. The highest BCUT2D eigenvalue weighted by molar-refractivity contribution is 5.94. The molecule has 2 aromatic rings. The van der Waals surface area contributed by atoms with Crippen molar-refractivity contribution in [2.75, 3.05) is 32.1 Å². The van der Waals surface area contributed by atoms with E-state index in [-0.39, 0.29) is 18.4 Å². The topological polar surface area (TPSA) is 84.9 Å². The Morgan fingerprint density at radius 2 is 1.67 bits per heavy atom. The average Bonchev–Trinajstić information content (AvgIpc) is 2.78. The summed E-state index contributed by atoms with van der Waals surface area (Å²) in [4.78, 5) is 38.3. The van der Waals surface area contributed by atoms with E-state index in [9.17, 15) is 18.8 Å². The van der Waals surface area contributed by atoms with E-state index in [1.54, 1.807) is 36.3 Å². The molecule has 1 saturated heterocycles. The molecule has 0 saturated carbocycles. The largest absolute Gasteiger partial charge is 0.497 e. The zero-order valence-corrected chi connectivity index (χ0v) is 16.6. The Hall–Kier alpha value is -3.42. The van der Waals surface area contributed by atoms with Crippen molar-refractivity contribution in [3.8, 4) is 5.75 Å². The molecule has 1 aliphatic rings. The molecule has 1 aliphatic heterocycles. The van der Waals surface area contributed by atoms with Crippen molar-refractivity contribution in [2.45, 2.75) is 12.8 Å². The molecule has 0 aliphatic carbocycles. The van der Waals surface area contributed by atoms with Crippen molar-refractivity contribution < 1.29 is 28.2 Å². The SMILES string of the molecule is COc1ccc(NC(=O)COC(=O)C2CCN(C(=O)c3ccc(F)cc3)CC2)cc1. The Labute approximate surface area is 173 Å². The van der Waals surface area contributed by atoms with Gasteiger partial charge < -0.3 is 19.7 Å². The summed E-state index contributed by atoms with van der Waals surface area (Å²) < 4.78 is 23.2. The maximum absolute atomic E-state index is 13.0. The zero-order valence-electron chi connectivity index (χ0n) is 16.6. The molecule has 30 heavy (non-hydrogen) atoms. The number of rotatable bonds is 6. The smallest absolute Gasteiger partial charge is 0.309 e. The molecule has 0 spiro atoms. The summed E-state index contributed by atoms with van der Waals surface area (Å²) >= 11 is 0. The molecular formula is C22H23FN2O5. The third-order valence-corrected chi connectivity index (χ3v) is 4.93. The number of ether oxygens (including phenoxy) is 2. The zero-order chi connectivity index (χ0) is 21.5. The van der Waals surface area contributed by atoms with Gasteiger partial charge in [0.25, 0.3) is 11.8 Å². The summed E-state index contributed by atoms with van der Waals surface area (Å²) in [5, 5.41) is 2.64. The van der Waals surface area contributed by atoms with Crippen LogP contribution < -0.4 is 10.1 Å². The number of carbonyl (C=O) groups is 3.